The lowest BCUT2D eigenvalue weighted by Gasteiger charge is -2.27. The average molecular weight is 619 g/mol. The van der Waals surface area contributed by atoms with Crippen molar-refractivity contribution in [1.29, 1.82) is 0 Å². The van der Waals surface area contributed by atoms with E-state index in [1.54, 1.807) is 0 Å². The van der Waals surface area contributed by atoms with Crippen LogP contribution in [-0.2, 0) is 11.2 Å². The number of ether oxygens (including phenoxy) is 1. The van der Waals surface area contributed by atoms with E-state index in [-0.39, 0.29) is 5.92 Å². The van der Waals surface area contributed by atoms with Crippen molar-refractivity contribution in [2.45, 2.75) is 85.5 Å². The number of nitrogens with one attached hydrogen (secondary N) is 1. The van der Waals surface area contributed by atoms with Crippen LogP contribution in [0.2, 0.25) is 0 Å². The fraction of sp³-hybridized carbons (Fsp3) is 0.500. The molecular weight excluding hydrogens is 568 g/mol. The quantitative estimate of drug-likeness (QED) is 0.255. The molecule has 2 aromatic carbocycles. The first-order chi connectivity index (χ1) is 22.3. The number of hydrogen-bond acceptors (Lipinski definition) is 6. The minimum absolute atomic E-state index is 0.0450. The summed E-state index contributed by atoms with van der Waals surface area (Å²) in [5, 5.41) is 12.4. The van der Waals surface area contributed by atoms with E-state index in [9.17, 15) is 4.79 Å². The summed E-state index contributed by atoms with van der Waals surface area (Å²) < 4.78 is 6.72. The number of fused-ring (bicyclic) bond motifs is 1. The summed E-state index contributed by atoms with van der Waals surface area (Å²) in [4.78, 5) is 18.5. The number of hydrogen-bond donors (Lipinski definition) is 1. The summed E-state index contributed by atoms with van der Waals surface area (Å²) in [6, 6.07) is 16.7. The maximum absolute atomic E-state index is 13.1. The number of ketones is 1. The van der Waals surface area contributed by atoms with Crippen LogP contribution >= 0.6 is 0 Å². The molecule has 0 bridgehead atoms. The van der Waals surface area contributed by atoms with E-state index in [4.69, 9.17) is 9.73 Å². The highest BCUT2D eigenvalue weighted by molar-refractivity contribution is 5.95. The van der Waals surface area contributed by atoms with Gasteiger partial charge in [-0.25, -0.2) is 0 Å². The second kappa shape index (κ2) is 14.4. The number of nitrogens with zero attached hydrogens (tertiary/aromatic N) is 3. The SMILES string of the molecule is CCC1C=Cc2cc(CC3CCC(C)CC(=O)C3C)c(Oc3ccc(-c4ccc(C(C)C)nn4)cc3)cc2N=C1C1CCNCC1. The number of carbonyl (C=O) groups is 1. The van der Waals surface area contributed by atoms with Gasteiger partial charge in [-0.2, -0.15) is 10.2 Å². The van der Waals surface area contributed by atoms with Crippen LogP contribution in [0.3, 0.4) is 0 Å². The zero-order valence-electron chi connectivity index (χ0n) is 28.3. The molecule has 0 radical (unpaired) electrons. The molecule has 6 heteroatoms. The molecule has 46 heavy (non-hydrogen) atoms. The molecule has 6 rings (SSSR count). The fourth-order valence-electron chi connectivity index (χ4n) is 7.34. The van der Waals surface area contributed by atoms with Gasteiger partial charge < -0.3 is 10.1 Å². The summed E-state index contributed by atoms with van der Waals surface area (Å²) >= 11 is 0. The van der Waals surface area contributed by atoms with Crippen molar-refractivity contribution in [3.05, 3.63) is 71.4 Å². The number of allylic oxidation sites excluding steroid dienone is 1. The van der Waals surface area contributed by atoms with Crippen molar-refractivity contribution in [3.63, 3.8) is 0 Å². The number of Topliss-reactive ketones (excluding diaryl/α,β-unsaturated/α-hetero) is 1. The number of carbonyl (C=O) groups excluding carboxylic acids is 1. The molecular formula is C40H50N4O2. The molecule has 3 aromatic rings. The molecule has 242 valence electrons. The first-order valence-electron chi connectivity index (χ1n) is 17.6. The normalized spacial score (nSPS) is 23.9. The highest BCUT2D eigenvalue weighted by atomic mass is 16.5. The Morgan fingerprint density at radius 3 is 2.43 bits per heavy atom. The summed E-state index contributed by atoms with van der Waals surface area (Å²) in [7, 11) is 0. The van der Waals surface area contributed by atoms with E-state index < -0.39 is 0 Å². The van der Waals surface area contributed by atoms with E-state index in [1.807, 2.05) is 30.3 Å². The van der Waals surface area contributed by atoms with Crippen molar-refractivity contribution in [2.24, 2.45) is 34.6 Å². The predicted molar refractivity (Wildman–Crippen MR) is 188 cm³/mol. The van der Waals surface area contributed by atoms with Crippen LogP contribution in [0.4, 0.5) is 5.69 Å². The Morgan fingerprint density at radius 2 is 1.74 bits per heavy atom. The Balaban J connectivity index is 1.35. The fourth-order valence-corrected chi connectivity index (χ4v) is 7.34. The van der Waals surface area contributed by atoms with Crippen LogP contribution in [-0.4, -0.2) is 34.8 Å². The van der Waals surface area contributed by atoms with Crippen molar-refractivity contribution in [2.75, 3.05) is 13.1 Å². The Morgan fingerprint density at radius 1 is 0.957 bits per heavy atom. The van der Waals surface area contributed by atoms with E-state index in [0.29, 0.717) is 41.8 Å². The zero-order chi connectivity index (χ0) is 32.2. The highest BCUT2D eigenvalue weighted by Gasteiger charge is 2.31. The van der Waals surface area contributed by atoms with E-state index >= 15 is 0 Å². The van der Waals surface area contributed by atoms with E-state index in [1.165, 1.54) is 5.71 Å². The lowest BCUT2D eigenvalue weighted by atomic mass is 9.83. The van der Waals surface area contributed by atoms with Crippen LogP contribution in [0.5, 0.6) is 11.5 Å². The molecule has 2 fully saturated rings. The first-order valence-corrected chi connectivity index (χ1v) is 17.6. The smallest absolute Gasteiger partial charge is 0.136 e. The van der Waals surface area contributed by atoms with Crippen LogP contribution in [0, 0.1) is 29.6 Å². The minimum Gasteiger partial charge on any atom is -0.457 e. The Kier molecular flexibility index (Phi) is 10.1. The number of aromatic nitrogens is 2. The lowest BCUT2D eigenvalue weighted by Crippen LogP contribution is -2.34. The van der Waals surface area contributed by atoms with Gasteiger partial charge >= 0.3 is 0 Å². The van der Waals surface area contributed by atoms with Crippen molar-refractivity contribution < 1.29 is 9.53 Å². The first kappa shape index (κ1) is 32.3. The molecule has 2 aliphatic heterocycles. The third kappa shape index (κ3) is 7.33. The van der Waals surface area contributed by atoms with Gasteiger partial charge in [0.1, 0.15) is 17.3 Å². The van der Waals surface area contributed by atoms with Gasteiger partial charge in [-0.05, 0) is 117 Å². The molecule has 1 saturated carbocycles. The second-order valence-electron chi connectivity index (χ2n) is 14.2. The minimum atomic E-state index is 0.0450. The summed E-state index contributed by atoms with van der Waals surface area (Å²) in [6.07, 6.45) is 11.6. The standard InChI is InChI=1S/C40H50N4O2/c1-6-28-9-10-32-23-33(22-31-8-7-26(4)21-38(45)27(31)5)39(24-37(32)42-40(28)30-17-19-41-20-18-30)46-34-13-11-29(12-14-34)36-16-15-35(25(2)3)43-44-36/h9-16,23-28,30-31,41H,6-8,17-22H2,1-5H3. The molecule has 1 N–H and O–H groups in total. The zero-order valence-corrected chi connectivity index (χ0v) is 28.3. The molecule has 3 aliphatic rings. The van der Waals surface area contributed by atoms with Gasteiger partial charge in [-0.15, -0.1) is 0 Å². The van der Waals surface area contributed by atoms with Crippen molar-refractivity contribution in [1.82, 2.24) is 15.5 Å². The number of rotatable bonds is 8. The van der Waals surface area contributed by atoms with Gasteiger partial charge in [0.05, 0.1) is 17.1 Å². The molecule has 6 nitrogen and oxygen atoms in total. The molecule has 3 heterocycles. The molecule has 0 amide bonds. The molecule has 1 aliphatic carbocycles. The Bertz CT molecular complexity index is 1570. The second-order valence-corrected chi connectivity index (χ2v) is 14.2. The molecule has 1 saturated heterocycles. The van der Waals surface area contributed by atoms with Crippen LogP contribution in [0.1, 0.15) is 95.9 Å². The number of benzene rings is 2. The van der Waals surface area contributed by atoms with Gasteiger partial charge in [0.2, 0.25) is 0 Å². The average Bonchev–Trinajstić information content (AvgIpc) is 3.32. The van der Waals surface area contributed by atoms with Gasteiger partial charge in [0.25, 0.3) is 0 Å². The predicted octanol–water partition coefficient (Wildman–Crippen LogP) is 9.37. The van der Waals surface area contributed by atoms with E-state index in [0.717, 1.165) is 96.9 Å². The lowest BCUT2D eigenvalue weighted by molar-refractivity contribution is -0.123. The third-order valence-corrected chi connectivity index (χ3v) is 10.5. The van der Waals surface area contributed by atoms with Crippen molar-refractivity contribution >= 4 is 23.3 Å². The molecule has 1 aromatic heterocycles. The topological polar surface area (TPSA) is 76.5 Å². The van der Waals surface area contributed by atoms with Crippen molar-refractivity contribution in [3.8, 4) is 22.8 Å². The maximum Gasteiger partial charge on any atom is 0.136 e. The van der Waals surface area contributed by atoms with Gasteiger partial charge in [-0.3, -0.25) is 9.79 Å². The van der Waals surface area contributed by atoms with Gasteiger partial charge in [-0.1, -0.05) is 46.8 Å². The third-order valence-electron chi connectivity index (χ3n) is 10.5. The molecule has 4 atom stereocenters. The number of aliphatic imine (C=N–C) groups is 1. The highest BCUT2D eigenvalue weighted by Crippen LogP contribution is 2.41. The largest absolute Gasteiger partial charge is 0.457 e. The molecule has 0 spiro atoms. The van der Waals surface area contributed by atoms with Crippen LogP contribution in [0.15, 0.2) is 59.6 Å². The Hall–Kier alpha value is -3.64. The Labute approximate surface area is 275 Å². The summed E-state index contributed by atoms with van der Waals surface area (Å²) in [6.45, 7) is 12.9. The summed E-state index contributed by atoms with van der Waals surface area (Å²) in [5.41, 5.74) is 7.42. The summed E-state index contributed by atoms with van der Waals surface area (Å²) in [5.74, 6) is 3.97. The van der Waals surface area contributed by atoms with Gasteiger partial charge in [0, 0.05) is 47.1 Å². The monoisotopic (exact) mass is 618 g/mol. The number of piperidine rings is 1. The molecule has 4 unspecified atom stereocenters. The van der Waals surface area contributed by atoms with Crippen LogP contribution < -0.4 is 10.1 Å². The van der Waals surface area contributed by atoms with Gasteiger partial charge in [0.15, 0.2) is 0 Å². The van der Waals surface area contributed by atoms with Crippen LogP contribution in [0.25, 0.3) is 17.3 Å². The van der Waals surface area contributed by atoms with E-state index in [2.05, 4.69) is 80.5 Å². The maximum atomic E-state index is 13.1.